The van der Waals surface area contributed by atoms with Crippen LogP contribution in [0.15, 0.2) is 18.2 Å². The Labute approximate surface area is 156 Å². The van der Waals surface area contributed by atoms with E-state index in [2.05, 4.69) is 10.2 Å². The fraction of sp³-hybridized carbons (Fsp3) is 0.588. The average Bonchev–Trinajstić information content (AvgIpc) is 2.95. The Kier molecular flexibility index (Phi) is 4.81. The van der Waals surface area contributed by atoms with Crippen LogP contribution in [0.5, 0.6) is 0 Å². The number of likely N-dealkylation sites (tertiary alicyclic amines) is 2. The highest BCUT2D eigenvalue weighted by Gasteiger charge is 2.43. The van der Waals surface area contributed by atoms with E-state index in [9.17, 15) is 4.79 Å². The molecule has 8 heteroatoms. The molecule has 136 valence electrons. The molecule has 3 fully saturated rings. The summed E-state index contributed by atoms with van der Waals surface area (Å²) in [5.41, 5.74) is 0.612. The molecule has 6 nitrogen and oxygen atoms in total. The lowest BCUT2D eigenvalue weighted by Crippen LogP contribution is -2.64. The van der Waals surface area contributed by atoms with Crippen LogP contribution in [0.3, 0.4) is 0 Å². The second-order valence-electron chi connectivity index (χ2n) is 6.79. The van der Waals surface area contributed by atoms with Crippen molar-refractivity contribution in [3.8, 4) is 0 Å². The molecule has 25 heavy (non-hydrogen) atoms. The summed E-state index contributed by atoms with van der Waals surface area (Å²) in [4.78, 5) is 16.5. The Hall–Kier alpha value is -1.05. The number of piperidine rings is 1. The van der Waals surface area contributed by atoms with E-state index in [1.165, 1.54) is 0 Å². The average molecular weight is 386 g/mol. The van der Waals surface area contributed by atoms with Crippen LogP contribution in [-0.2, 0) is 9.47 Å². The Balaban J connectivity index is 1.25. The molecule has 0 aromatic heterocycles. The van der Waals surface area contributed by atoms with Crippen molar-refractivity contribution in [1.82, 2.24) is 9.80 Å². The molecule has 0 aliphatic carbocycles. The van der Waals surface area contributed by atoms with Crippen LogP contribution < -0.4 is 5.32 Å². The molecular formula is C17H21Cl2N3O3. The molecule has 1 spiro atoms. The summed E-state index contributed by atoms with van der Waals surface area (Å²) in [6, 6.07) is 5.31. The maximum atomic E-state index is 12.3. The van der Waals surface area contributed by atoms with Crippen LogP contribution in [0.1, 0.15) is 12.8 Å². The molecule has 1 N–H and O–H groups in total. The van der Waals surface area contributed by atoms with Crippen LogP contribution in [-0.4, -0.2) is 67.1 Å². The SMILES string of the molecule is O=C(Nc1cc(Cl)cc(Cl)c1)N1CC(N2CCC3(CC2)OCCO3)C1. The van der Waals surface area contributed by atoms with Crippen molar-refractivity contribution in [2.75, 3.05) is 44.7 Å². The normalized spacial score (nSPS) is 23.7. The number of amides is 2. The summed E-state index contributed by atoms with van der Waals surface area (Å²) < 4.78 is 11.5. The van der Waals surface area contributed by atoms with Crippen LogP contribution in [0.2, 0.25) is 10.0 Å². The minimum atomic E-state index is -0.344. The maximum absolute atomic E-state index is 12.3. The van der Waals surface area contributed by atoms with E-state index in [1.54, 1.807) is 23.1 Å². The number of urea groups is 1. The number of nitrogens with zero attached hydrogens (tertiary/aromatic N) is 2. The number of rotatable bonds is 2. The number of anilines is 1. The zero-order valence-corrected chi connectivity index (χ0v) is 15.4. The van der Waals surface area contributed by atoms with Crippen molar-refractivity contribution in [3.63, 3.8) is 0 Å². The first-order valence-electron chi connectivity index (χ1n) is 8.57. The molecule has 0 atom stereocenters. The van der Waals surface area contributed by atoms with E-state index in [1.807, 2.05) is 0 Å². The summed E-state index contributed by atoms with van der Waals surface area (Å²) in [5, 5.41) is 3.85. The molecule has 3 aliphatic rings. The van der Waals surface area contributed by atoms with Crippen molar-refractivity contribution in [2.24, 2.45) is 0 Å². The van der Waals surface area contributed by atoms with Gasteiger partial charge >= 0.3 is 6.03 Å². The number of nitrogens with one attached hydrogen (secondary N) is 1. The summed E-state index contributed by atoms with van der Waals surface area (Å²) in [5.74, 6) is -0.344. The minimum absolute atomic E-state index is 0.120. The molecule has 4 rings (SSSR count). The highest BCUT2D eigenvalue weighted by Crippen LogP contribution is 2.33. The number of ether oxygens (including phenoxy) is 2. The summed E-state index contributed by atoms with van der Waals surface area (Å²) in [7, 11) is 0. The number of carbonyl (C=O) groups is 1. The van der Waals surface area contributed by atoms with E-state index in [4.69, 9.17) is 32.7 Å². The Morgan fingerprint density at radius 1 is 1.08 bits per heavy atom. The second kappa shape index (κ2) is 6.93. The molecule has 0 saturated carbocycles. The van der Waals surface area contributed by atoms with Gasteiger partial charge < -0.3 is 19.7 Å². The Bertz CT molecular complexity index is 630. The van der Waals surface area contributed by atoms with Gasteiger partial charge in [-0.1, -0.05) is 23.2 Å². The van der Waals surface area contributed by atoms with Gasteiger partial charge in [0, 0.05) is 60.8 Å². The maximum Gasteiger partial charge on any atom is 0.321 e. The topological polar surface area (TPSA) is 54.0 Å². The van der Waals surface area contributed by atoms with Crippen molar-refractivity contribution in [3.05, 3.63) is 28.2 Å². The molecule has 3 heterocycles. The van der Waals surface area contributed by atoms with Gasteiger partial charge in [0.15, 0.2) is 5.79 Å². The first-order valence-corrected chi connectivity index (χ1v) is 9.33. The Morgan fingerprint density at radius 2 is 1.68 bits per heavy atom. The second-order valence-corrected chi connectivity index (χ2v) is 7.66. The number of hydrogen-bond acceptors (Lipinski definition) is 4. The van der Waals surface area contributed by atoms with E-state index in [0.717, 1.165) is 39.0 Å². The van der Waals surface area contributed by atoms with Gasteiger partial charge in [0.05, 0.1) is 13.2 Å². The van der Waals surface area contributed by atoms with Gasteiger partial charge in [0.2, 0.25) is 0 Å². The van der Waals surface area contributed by atoms with Gasteiger partial charge in [-0.3, -0.25) is 4.90 Å². The van der Waals surface area contributed by atoms with Gasteiger partial charge in [0.1, 0.15) is 0 Å². The molecule has 0 bridgehead atoms. The van der Waals surface area contributed by atoms with Crippen LogP contribution >= 0.6 is 23.2 Å². The predicted molar refractivity (Wildman–Crippen MR) is 96.3 cm³/mol. The molecule has 3 saturated heterocycles. The molecular weight excluding hydrogens is 365 g/mol. The van der Waals surface area contributed by atoms with Gasteiger partial charge in [0.25, 0.3) is 0 Å². The molecule has 0 unspecified atom stereocenters. The summed E-state index contributed by atoms with van der Waals surface area (Å²) in [6.45, 7) is 4.76. The van der Waals surface area contributed by atoms with Gasteiger partial charge in [-0.05, 0) is 18.2 Å². The molecule has 2 amide bonds. The molecule has 0 radical (unpaired) electrons. The lowest BCUT2D eigenvalue weighted by atomic mass is 9.99. The quantitative estimate of drug-likeness (QED) is 0.849. The van der Waals surface area contributed by atoms with Crippen LogP contribution in [0, 0.1) is 0 Å². The molecule has 1 aromatic rings. The van der Waals surface area contributed by atoms with Crippen LogP contribution in [0.25, 0.3) is 0 Å². The third-order valence-electron chi connectivity index (χ3n) is 5.15. The van der Waals surface area contributed by atoms with Gasteiger partial charge in [-0.2, -0.15) is 0 Å². The van der Waals surface area contributed by atoms with Crippen molar-refractivity contribution < 1.29 is 14.3 Å². The number of benzene rings is 1. The van der Waals surface area contributed by atoms with E-state index in [-0.39, 0.29) is 11.8 Å². The lowest BCUT2D eigenvalue weighted by molar-refractivity contribution is -0.190. The fourth-order valence-corrected chi connectivity index (χ4v) is 4.22. The standard InChI is InChI=1S/C17H21Cl2N3O3/c18-12-7-13(19)9-14(8-12)20-16(23)22-10-15(11-22)21-3-1-17(2-4-21)24-5-6-25-17/h7-9,15H,1-6,10-11H2,(H,20,23). The minimum Gasteiger partial charge on any atom is -0.347 e. The van der Waals surface area contributed by atoms with Gasteiger partial charge in [-0.15, -0.1) is 0 Å². The van der Waals surface area contributed by atoms with Crippen molar-refractivity contribution >= 4 is 34.9 Å². The number of halogens is 2. The summed E-state index contributed by atoms with van der Waals surface area (Å²) >= 11 is 11.9. The fourth-order valence-electron chi connectivity index (χ4n) is 3.70. The van der Waals surface area contributed by atoms with Crippen molar-refractivity contribution in [2.45, 2.75) is 24.7 Å². The van der Waals surface area contributed by atoms with Crippen molar-refractivity contribution in [1.29, 1.82) is 0 Å². The van der Waals surface area contributed by atoms with E-state index >= 15 is 0 Å². The third kappa shape index (κ3) is 3.73. The first-order chi connectivity index (χ1) is 12.0. The molecule has 1 aromatic carbocycles. The zero-order valence-electron chi connectivity index (χ0n) is 13.8. The number of carbonyl (C=O) groups excluding carboxylic acids is 1. The first kappa shape index (κ1) is 17.4. The van der Waals surface area contributed by atoms with Crippen LogP contribution in [0.4, 0.5) is 10.5 Å². The zero-order chi connectivity index (χ0) is 17.4. The smallest absolute Gasteiger partial charge is 0.321 e. The van der Waals surface area contributed by atoms with Gasteiger partial charge in [-0.25, -0.2) is 4.79 Å². The highest BCUT2D eigenvalue weighted by molar-refractivity contribution is 6.35. The Morgan fingerprint density at radius 3 is 2.28 bits per heavy atom. The van der Waals surface area contributed by atoms with E-state index < -0.39 is 0 Å². The summed E-state index contributed by atoms with van der Waals surface area (Å²) in [6.07, 6.45) is 1.80. The monoisotopic (exact) mass is 385 g/mol. The lowest BCUT2D eigenvalue weighted by Gasteiger charge is -2.48. The highest BCUT2D eigenvalue weighted by atomic mass is 35.5. The molecule has 3 aliphatic heterocycles. The predicted octanol–water partition coefficient (Wildman–Crippen LogP) is 3.05. The van der Waals surface area contributed by atoms with E-state index in [0.29, 0.717) is 35.0 Å². The number of hydrogen-bond donors (Lipinski definition) is 1. The third-order valence-corrected chi connectivity index (χ3v) is 5.59. The largest absolute Gasteiger partial charge is 0.347 e.